The van der Waals surface area contributed by atoms with Gasteiger partial charge in [0.25, 0.3) is 0 Å². The summed E-state index contributed by atoms with van der Waals surface area (Å²) in [5, 5.41) is 12.5. The Morgan fingerprint density at radius 1 is 1.21 bits per heavy atom. The molecule has 0 aliphatic carbocycles. The molecule has 0 radical (unpaired) electrons. The second-order valence-electron chi connectivity index (χ2n) is 13.8. The summed E-state index contributed by atoms with van der Waals surface area (Å²) in [5.74, 6) is -3.49. The van der Waals surface area contributed by atoms with Gasteiger partial charge in [0, 0.05) is 43.6 Å². The molecule has 11 nitrogen and oxygen atoms in total. The van der Waals surface area contributed by atoms with Crippen LogP contribution in [0.15, 0.2) is 55.6 Å². The highest BCUT2D eigenvalue weighted by atomic mass is 79.9. The van der Waals surface area contributed by atoms with Crippen LogP contribution in [0.1, 0.15) is 64.5 Å². The number of halogens is 1. The van der Waals surface area contributed by atoms with E-state index < -0.39 is 53.2 Å². The van der Waals surface area contributed by atoms with Crippen molar-refractivity contribution < 1.29 is 38.5 Å². The Bertz CT molecular complexity index is 1340. The van der Waals surface area contributed by atoms with Crippen molar-refractivity contribution in [1.82, 2.24) is 15.1 Å². The van der Waals surface area contributed by atoms with Gasteiger partial charge in [-0.1, -0.05) is 58.4 Å². The van der Waals surface area contributed by atoms with E-state index in [0.29, 0.717) is 31.2 Å². The normalized spacial score (nSPS) is 27.2. The third kappa shape index (κ3) is 7.56. The lowest BCUT2D eigenvalue weighted by atomic mass is 9.70. The van der Waals surface area contributed by atoms with Crippen LogP contribution >= 0.6 is 15.9 Å². The van der Waals surface area contributed by atoms with Crippen molar-refractivity contribution in [3.05, 3.63) is 61.2 Å². The first-order valence-electron chi connectivity index (χ1n) is 16.7. The van der Waals surface area contributed by atoms with Crippen LogP contribution < -0.4 is 5.32 Å². The smallest absolute Gasteiger partial charge is 0.313 e. The third-order valence-electron chi connectivity index (χ3n) is 9.49. The molecule has 3 aliphatic rings. The van der Waals surface area contributed by atoms with E-state index in [1.165, 1.54) is 7.11 Å². The van der Waals surface area contributed by atoms with E-state index in [2.05, 4.69) is 34.4 Å². The average Bonchev–Trinajstić information content (AvgIpc) is 3.64. The summed E-state index contributed by atoms with van der Waals surface area (Å²) in [4.78, 5) is 59.2. The van der Waals surface area contributed by atoms with Crippen LogP contribution in [-0.4, -0.2) is 106 Å². The number of aliphatic hydroxyl groups is 1. The Kier molecular flexibility index (Phi) is 12.7. The quantitative estimate of drug-likeness (QED) is 0.107. The van der Waals surface area contributed by atoms with E-state index in [1.54, 1.807) is 22.0 Å². The summed E-state index contributed by atoms with van der Waals surface area (Å²) in [6, 6.07) is 7.37. The van der Waals surface area contributed by atoms with Crippen molar-refractivity contribution in [3.8, 4) is 0 Å². The predicted molar refractivity (Wildman–Crippen MR) is 184 cm³/mol. The standard InChI is InChI=1S/C36H50BrN3O8/c1-7-9-17-26(42)38-25(22-46-6)29(23-15-11-10-12-16-23)47-34(45)27-28-32(43)39(19-13-14-20-41)31(36(28)21-24(37)30(27)48-36)33(44)40(18-8-2)35(3,4)5/h7-8,10-12,15-16,24-25,27-31,41H,1-2,9,13-14,17-22H2,3-6H3,(H,38,42)/t24?,25-,27-,28+,29-,30-,31-,36+/m0/s1. The van der Waals surface area contributed by atoms with Crippen LogP contribution in [0.2, 0.25) is 0 Å². The Balaban J connectivity index is 1.73. The summed E-state index contributed by atoms with van der Waals surface area (Å²) in [5.41, 5.74) is -1.21. The number of unbranched alkanes of at least 4 members (excludes halogenated alkanes) is 1. The molecule has 8 atom stereocenters. The van der Waals surface area contributed by atoms with E-state index in [1.807, 2.05) is 51.1 Å². The number of amides is 3. The van der Waals surface area contributed by atoms with Crippen LogP contribution in [0.5, 0.6) is 0 Å². The van der Waals surface area contributed by atoms with E-state index in [4.69, 9.17) is 14.2 Å². The number of fused-ring (bicyclic) bond motifs is 1. The van der Waals surface area contributed by atoms with Crippen LogP contribution in [-0.2, 0) is 33.4 Å². The summed E-state index contributed by atoms with van der Waals surface area (Å²) >= 11 is 3.72. The summed E-state index contributed by atoms with van der Waals surface area (Å²) < 4.78 is 18.4. The molecule has 3 amide bonds. The van der Waals surface area contributed by atoms with Crippen LogP contribution in [0.3, 0.4) is 0 Å². The number of methoxy groups -OCH3 is 1. The molecule has 3 saturated heterocycles. The first kappa shape index (κ1) is 37.8. The van der Waals surface area contributed by atoms with E-state index >= 15 is 0 Å². The van der Waals surface area contributed by atoms with Crippen molar-refractivity contribution in [1.29, 1.82) is 0 Å². The summed E-state index contributed by atoms with van der Waals surface area (Å²) in [7, 11) is 1.50. The molecule has 1 unspecified atom stereocenters. The van der Waals surface area contributed by atoms with Gasteiger partial charge in [0.1, 0.15) is 17.7 Å². The number of esters is 1. The van der Waals surface area contributed by atoms with Crippen LogP contribution in [0, 0.1) is 11.8 Å². The molecular weight excluding hydrogens is 682 g/mol. The second kappa shape index (κ2) is 16.1. The minimum Gasteiger partial charge on any atom is -0.455 e. The number of alkyl halides is 1. The largest absolute Gasteiger partial charge is 0.455 e. The molecular formula is C36H50BrN3O8. The molecule has 0 saturated carbocycles. The molecule has 3 aliphatic heterocycles. The van der Waals surface area contributed by atoms with Gasteiger partial charge in [0.2, 0.25) is 17.7 Å². The Labute approximate surface area is 292 Å². The van der Waals surface area contributed by atoms with E-state index in [0.717, 1.165) is 0 Å². The number of carbonyl (C=O) groups excluding carboxylic acids is 4. The van der Waals surface area contributed by atoms with E-state index in [-0.39, 0.29) is 55.3 Å². The van der Waals surface area contributed by atoms with Gasteiger partial charge in [-0.3, -0.25) is 19.2 Å². The maximum absolute atomic E-state index is 14.5. The maximum atomic E-state index is 14.5. The molecule has 1 aromatic carbocycles. The number of hydrogen-bond acceptors (Lipinski definition) is 8. The number of aliphatic hydroxyl groups excluding tert-OH is 1. The lowest BCUT2D eigenvalue weighted by Gasteiger charge is -2.42. The van der Waals surface area contributed by atoms with Gasteiger partial charge < -0.3 is 34.4 Å². The lowest BCUT2D eigenvalue weighted by molar-refractivity contribution is -0.163. The van der Waals surface area contributed by atoms with Crippen molar-refractivity contribution >= 4 is 39.6 Å². The number of ether oxygens (including phenoxy) is 3. The molecule has 1 spiro atoms. The average molecular weight is 733 g/mol. The number of allylic oxidation sites excluding steroid dienone is 1. The second-order valence-corrected chi connectivity index (χ2v) is 14.9. The van der Waals surface area contributed by atoms with Crippen molar-refractivity contribution in [2.24, 2.45) is 11.8 Å². The van der Waals surface area contributed by atoms with Crippen LogP contribution in [0.4, 0.5) is 0 Å². The number of likely N-dealkylation sites (tertiary alicyclic amines) is 1. The minimum absolute atomic E-state index is 0.0512. The molecule has 3 fully saturated rings. The summed E-state index contributed by atoms with van der Waals surface area (Å²) in [6.07, 6.45) is 3.62. The van der Waals surface area contributed by atoms with Gasteiger partial charge in [0.15, 0.2) is 0 Å². The molecule has 2 N–H and O–H groups in total. The number of nitrogens with zero attached hydrogens (tertiary/aromatic N) is 2. The molecule has 12 heteroatoms. The predicted octanol–water partition coefficient (Wildman–Crippen LogP) is 3.70. The Hall–Kier alpha value is -3.06. The highest BCUT2D eigenvalue weighted by Gasteiger charge is 2.77. The first-order chi connectivity index (χ1) is 22.9. The van der Waals surface area contributed by atoms with Crippen molar-refractivity contribution in [2.75, 3.05) is 33.4 Å². The zero-order chi connectivity index (χ0) is 35.2. The third-order valence-corrected chi connectivity index (χ3v) is 10.3. The first-order valence-corrected chi connectivity index (χ1v) is 17.6. The fourth-order valence-electron chi connectivity index (χ4n) is 7.41. The SMILES string of the molecule is C=CCCC(=O)N[C@@H](COC)[C@@H](OC(=O)[C@@H]1[C@H]2O[C@@]3(CC2Br)[C@H](C(=O)N(CC=C)C(C)(C)C)N(CCCCO)C(=O)[C@@H]13)c1ccccc1. The number of rotatable bonds is 17. The minimum atomic E-state index is -1.27. The van der Waals surface area contributed by atoms with Gasteiger partial charge >= 0.3 is 5.97 Å². The number of nitrogens with one attached hydrogen (secondary N) is 1. The Morgan fingerprint density at radius 3 is 2.52 bits per heavy atom. The molecule has 0 aromatic heterocycles. The van der Waals surface area contributed by atoms with Gasteiger partial charge in [-0.25, -0.2) is 0 Å². The molecule has 3 heterocycles. The molecule has 48 heavy (non-hydrogen) atoms. The van der Waals surface area contributed by atoms with Crippen molar-refractivity contribution in [2.45, 2.75) is 93.1 Å². The highest BCUT2D eigenvalue weighted by Crippen LogP contribution is 2.60. The van der Waals surface area contributed by atoms with Gasteiger partial charge in [-0.15, -0.1) is 13.2 Å². The maximum Gasteiger partial charge on any atom is 0.313 e. The topological polar surface area (TPSA) is 135 Å². The molecule has 1 aromatic rings. The molecule has 264 valence electrons. The zero-order valence-electron chi connectivity index (χ0n) is 28.4. The lowest BCUT2D eigenvalue weighted by Crippen LogP contribution is -2.60. The Morgan fingerprint density at radius 2 is 1.92 bits per heavy atom. The fourth-order valence-corrected chi connectivity index (χ4v) is 8.35. The number of benzene rings is 1. The number of hydrogen-bond donors (Lipinski definition) is 2. The van der Waals surface area contributed by atoms with Gasteiger partial charge in [-0.05, 0) is 52.0 Å². The fraction of sp³-hybridized carbons (Fsp3) is 0.611. The zero-order valence-corrected chi connectivity index (χ0v) is 30.0. The molecule has 4 rings (SSSR count). The number of carbonyl (C=O) groups is 4. The van der Waals surface area contributed by atoms with Gasteiger partial charge in [0.05, 0.1) is 30.6 Å². The van der Waals surface area contributed by atoms with E-state index in [9.17, 15) is 24.3 Å². The molecule has 2 bridgehead atoms. The van der Waals surface area contributed by atoms with Crippen molar-refractivity contribution in [3.63, 3.8) is 0 Å². The van der Waals surface area contributed by atoms with Crippen LogP contribution in [0.25, 0.3) is 0 Å². The highest BCUT2D eigenvalue weighted by molar-refractivity contribution is 9.09. The monoisotopic (exact) mass is 731 g/mol. The summed E-state index contributed by atoms with van der Waals surface area (Å²) in [6.45, 7) is 13.8. The van der Waals surface area contributed by atoms with Gasteiger partial charge in [-0.2, -0.15) is 0 Å².